The van der Waals surface area contributed by atoms with Crippen LogP contribution in [0.15, 0.2) is 48.5 Å². The summed E-state index contributed by atoms with van der Waals surface area (Å²) in [5.74, 6) is -0.827. The molecule has 0 aliphatic rings. The zero-order valence-electron chi connectivity index (χ0n) is 14.1. The van der Waals surface area contributed by atoms with Crippen LogP contribution in [0, 0.1) is 0 Å². The van der Waals surface area contributed by atoms with Crippen LogP contribution in [-0.4, -0.2) is 16.7 Å². The van der Waals surface area contributed by atoms with Crippen molar-refractivity contribution in [3.05, 3.63) is 69.8 Å². The molecule has 0 saturated carbocycles. The lowest BCUT2D eigenvalue weighted by Gasteiger charge is -2.22. The molecule has 0 saturated heterocycles. The van der Waals surface area contributed by atoms with Crippen molar-refractivity contribution < 1.29 is 18.0 Å². The Morgan fingerprint density at radius 2 is 1.81 bits per heavy atom. The van der Waals surface area contributed by atoms with Crippen molar-refractivity contribution in [2.75, 3.05) is 0 Å². The van der Waals surface area contributed by atoms with Crippen molar-refractivity contribution in [2.24, 2.45) is 0 Å². The summed E-state index contributed by atoms with van der Waals surface area (Å²) in [7, 11) is 0. The third kappa shape index (κ3) is 4.06. The van der Waals surface area contributed by atoms with Crippen LogP contribution in [-0.2, 0) is 6.54 Å². The van der Waals surface area contributed by atoms with E-state index in [2.05, 4.69) is 5.32 Å². The fourth-order valence-corrected chi connectivity index (χ4v) is 3.37. The van der Waals surface area contributed by atoms with Gasteiger partial charge in [0.25, 0.3) is 5.91 Å². The number of halogens is 5. The lowest BCUT2D eigenvalue weighted by molar-refractivity contribution is -0.155. The number of hydrogen-bond donors (Lipinski definition) is 1. The molecule has 3 aromatic rings. The van der Waals surface area contributed by atoms with Crippen molar-refractivity contribution >= 4 is 40.0 Å². The van der Waals surface area contributed by atoms with Crippen LogP contribution in [0.4, 0.5) is 13.2 Å². The topological polar surface area (TPSA) is 34.0 Å². The van der Waals surface area contributed by atoms with Crippen molar-refractivity contribution in [3.63, 3.8) is 0 Å². The first-order valence-corrected chi connectivity index (χ1v) is 8.88. The monoisotopic (exact) mass is 414 g/mol. The van der Waals surface area contributed by atoms with Gasteiger partial charge in [-0.05, 0) is 42.8 Å². The minimum absolute atomic E-state index is 0.131. The Labute approximate surface area is 163 Å². The lowest BCUT2D eigenvalue weighted by Crippen LogP contribution is -2.38. The average molecular weight is 415 g/mol. The van der Waals surface area contributed by atoms with E-state index in [1.807, 2.05) is 0 Å². The lowest BCUT2D eigenvalue weighted by atomic mass is 10.1. The fourth-order valence-electron chi connectivity index (χ4n) is 3.00. The Bertz CT molecular complexity index is 998. The Balaban J connectivity index is 2.00. The van der Waals surface area contributed by atoms with Crippen LogP contribution in [0.3, 0.4) is 0 Å². The Kier molecular flexibility index (Phi) is 5.40. The van der Waals surface area contributed by atoms with Crippen LogP contribution in [0.2, 0.25) is 10.0 Å². The van der Waals surface area contributed by atoms with Gasteiger partial charge < -0.3 is 9.88 Å². The standard InChI is InChI=1S/C19H15Cl2F3N2O/c1-2-26-15-10-14(21)7-6-11(15)9-16(26)18(27)25-17(19(22,23)24)12-4-3-5-13(20)8-12/h3-10,17H,2H2,1H3,(H,25,27). The van der Waals surface area contributed by atoms with Crippen molar-refractivity contribution in [3.8, 4) is 0 Å². The molecule has 2 aromatic carbocycles. The van der Waals surface area contributed by atoms with Gasteiger partial charge in [0.05, 0.1) is 5.52 Å². The largest absolute Gasteiger partial charge is 0.412 e. The zero-order chi connectivity index (χ0) is 19.8. The molecule has 3 rings (SSSR count). The second-order valence-corrected chi connectivity index (χ2v) is 6.85. The van der Waals surface area contributed by atoms with E-state index in [9.17, 15) is 18.0 Å². The number of aryl methyl sites for hydroxylation is 1. The van der Waals surface area contributed by atoms with Gasteiger partial charge in [0.15, 0.2) is 6.04 Å². The Hall–Kier alpha value is -2.18. The quantitative estimate of drug-likeness (QED) is 0.557. The summed E-state index contributed by atoms with van der Waals surface area (Å²) < 4.78 is 42.3. The maximum atomic E-state index is 13.6. The van der Waals surface area contributed by atoms with E-state index in [1.165, 1.54) is 24.3 Å². The first-order valence-electron chi connectivity index (χ1n) is 8.12. The molecule has 8 heteroatoms. The predicted octanol–water partition coefficient (Wildman–Crippen LogP) is 6.00. The SMILES string of the molecule is CCn1c(C(=O)NC(c2cccc(Cl)c2)C(F)(F)F)cc2ccc(Cl)cc21. The van der Waals surface area contributed by atoms with Crippen LogP contribution in [0.1, 0.15) is 29.0 Å². The molecular weight excluding hydrogens is 400 g/mol. The number of rotatable bonds is 4. The Morgan fingerprint density at radius 1 is 1.11 bits per heavy atom. The van der Waals surface area contributed by atoms with Crippen LogP contribution in [0.25, 0.3) is 10.9 Å². The Morgan fingerprint density at radius 3 is 2.44 bits per heavy atom. The van der Waals surface area contributed by atoms with E-state index in [0.717, 1.165) is 5.39 Å². The summed E-state index contributed by atoms with van der Waals surface area (Å²) in [4.78, 5) is 12.7. The molecule has 0 aliphatic heterocycles. The minimum atomic E-state index is -4.67. The molecule has 0 spiro atoms. The smallest absolute Gasteiger partial charge is 0.337 e. The molecule has 0 fully saturated rings. The average Bonchev–Trinajstić information content (AvgIpc) is 2.96. The second-order valence-electron chi connectivity index (χ2n) is 5.98. The van der Waals surface area contributed by atoms with Gasteiger partial charge >= 0.3 is 6.18 Å². The molecule has 27 heavy (non-hydrogen) atoms. The van der Waals surface area contributed by atoms with Gasteiger partial charge in [0.1, 0.15) is 5.69 Å². The molecule has 1 amide bonds. The molecule has 1 N–H and O–H groups in total. The highest BCUT2D eigenvalue weighted by atomic mass is 35.5. The van der Waals surface area contributed by atoms with Crippen molar-refractivity contribution in [1.29, 1.82) is 0 Å². The molecule has 0 aliphatic carbocycles. The molecule has 1 heterocycles. The van der Waals surface area contributed by atoms with Gasteiger partial charge in [0.2, 0.25) is 0 Å². The van der Waals surface area contributed by atoms with Crippen LogP contribution < -0.4 is 5.32 Å². The highest BCUT2D eigenvalue weighted by Gasteiger charge is 2.42. The number of hydrogen-bond acceptors (Lipinski definition) is 1. The van der Waals surface area contributed by atoms with Crippen LogP contribution >= 0.6 is 23.2 Å². The third-order valence-corrected chi connectivity index (χ3v) is 4.67. The van der Waals surface area contributed by atoms with Gasteiger partial charge in [-0.3, -0.25) is 4.79 Å². The molecule has 1 unspecified atom stereocenters. The summed E-state index contributed by atoms with van der Waals surface area (Å²) in [5, 5.41) is 3.45. The number of nitrogens with one attached hydrogen (secondary N) is 1. The van der Waals surface area contributed by atoms with Crippen molar-refractivity contribution in [1.82, 2.24) is 9.88 Å². The summed E-state index contributed by atoms with van der Waals surface area (Å²) in [6.45, 7) is 2.20. The van der Waals surface area contributed by atoms with E-state index in [0.29, 0.717) is 17.1 Å². The van der Waals surface area contributed by atoms with E-state index in [-0.39, 0.29) is 16.3 Å². The summed E-state index contributed by atoms with van der Waals surface area (Å²) >= 11 is 11.8. The highest BCUT2D eigenvalue weighted by molar-refractivity contribution is 6.31. The predicted molar refractivity (Wildman–Crippen MR) is 100 cm³/mol. The number of aromatic nitrogens is 1. The van der Waals surface area contributed by atoms with E-state index < -0.39 is 18.1 Å². The van der Waals surface area contributed by atoms with E-state index in [4.69, 9.17) is 23.2 Å². The van der Waals surface area contributed by atoms with Gasteiger partial charge in [-0.2, -0.15) is 13.2 Å². The molecule has 3 nitrogen and oxygen atoms in total. The zero-order valence-corrected chi connectivity index (χ0v) is 15.7. The molecule has 142 valence electrons. The molecule has 1 atom stereocenters. The van der Waals surface area contributed by atoms with E-state index >= 15 is 0 Å². The van der Waals surface area contributed by atoms with Crippen LogP contribution in [0.5, 0.6) is 0 Å². The minimum Gasteiger partial charge on any atom is -0.337 e. The van der Waals surface area contributed by atoms with E-state index in [1.54, 1.807) is 35.8 Å². The van der Waals surface area contributed by atoms with Gasteiger partial charge in [-0.1, -0.05) is 41.4 Å². The maximum absolute atomic E-state index is 13.6. The number of nitrogens with zero attached hydrogens (tertiary/aromatic N) is 1. The van der Waals surface area contributed by atoms with Gasteiger partial charge in [-0.25, -0.2) is 0 Å². The second kappa shape index (κ2) is 7.44. The molecular formula is C19H15Cl2F3N2O. The first-order chi connectivity index (χ1) is 12.7. The number of benzene rings is 2. The molecule has 0 bridgehead atoms. The highest BCUT2D eigenvalue weighted by Crippen LogP contribution is 2.34. The fraction of sp³-hybridized carbons (Fsp3) is 0.211. The summed E-state index contributed by atoms with van der Waals surface area (Å²) in [6, 6.07) is 9.79. The summed E-state index contributed by atoms with van der Waals surface area (Å²) in [6.07, 6.45) is -4.67. The number of carbonyl (C=O) groups excluding carboxylic acids is 1. The number of alkyl halides is 3. The maximum Gasteiger partial charge on any atom is 0.412 e. The number of fused-ring (bicyclic) bond motifs is 1. The number of amides is 1. The molecule has 0 radical (unpaired) electrons. The first kappa shape index (κ1) is 19.6. The van der Waals surface area contributed by atoms with Gasteiger partial charge in [-0.15, -0.1) is 0 Å². The summed E-state index contributed by atoms with van der Waals surface area (Å²) in [5.41, 5.74) is 0.679. The molecule has 1 aromatic heterocycles. The third-order valence-electron chi connectivity index (χ3n) is 4.20. The van der Waals surface area contributed by atoms with Gasteiger partial charge in [0, 0.05) is 22.0 Å². The number of carbonyl (C=O) groups is 1. The normalized spacial score (nSPS) is 13.0. The van der Waals surface area contributed by atoms with Crippen molar-refractivity contribution in [2.45, 2.75) is 25.7 Å².